The maximum atomic E-state index is 12.8. The lowest BCUT2D eigenvalue weighted by atomic mass is 10.1. The number of hydrogen-bond donors (Lipinski definition) is 1. The molecule has 0 saturated heterocycles. The highest BCUT2D eigenvalue weighted by Gasteiger charge is 2.36. The van der Waals surface area contributed by atoms with Crippen LogP contribution in [-0.4, -0.2) is 22.7 Å². The molecule has 0 spiro atoms. The molecule has 2 aromatic heterocycles. The Kier molecular flexibility index (Phi) is 4.48. The Balaban J connectivity index is 1.40. The molecule has 1 aliphatic rings. The third-order valence-corrected chi connectivity index (χ3v) is 5.89. The van der Waals surface area contributed by atoms with E-state index in [1.54, 1.807) is 66.9 Å². The van der Waals surface area contributed by atoms with Gasteiger partial charge in [0.05, 0.1) is 23.1 Å². The lowest BCUT2D eigenvalue weighted by molar-refractivity contribution is 0.0925. The monoisotopic (exact) mass is 429 g/mol. The number of imide groups is 1. The van der Waals surface area contributed by atoms with E-state index in [9.17, 15) is 14.4 Å². The van der Waals surface area contributed by atoms with Gasteiger partial charge in [0.15, 0.2) is 10.8 Å². The van der Waals surface area contributed by atoms with Crippen molar-refractivity contribution in [1.29, 1.82) is 0 Å². The van der Waals surface area contributed by atoms with Crippen molar-refractivity contribution in [3.05, 3.63) is 88.6 Å². The summed E-state index contributed by atoms with van der Waals surface area (Å²) in [7, 11) is 0. The highest BCUT2D eigenvalue weighted by atomic mass is 32.1. The van der Waals surface area contributed by atoms with Crippen LogP contribution in [0.4, 0.5) is 11.4 Å². The second-order valence-corrected chi connectivity index (χ2v) is 8.10. The third kappa shape index (κ3) is 3.23. The molecule has 152 valence electrons. The van der Waals surface area contributed by atoms with Gasteiger partial charge in [0.25, 0.3) is 17.7 Å². The first kappa shape index (κ1) is 19.0. The summed E-state index contributed by atoms with van der Waals surface area (Å²) in [6.07, 6.45) is 1.55. The van der Waals surface area contributed by atoms with Gasteiger partial charge < -0.3 is 9.73 Å². The van der Waals surface area contributed by atoms with Crippen LogP contribution in [0.3, 0.4) is 0 Å². The molecule has 7 nitrogen and oxygen atoms in total. The van der Waals surface area contributed by atoms with Gasteiger partial charge >= 0.3 is 0 Å². The van der Waals surface area contributed by atoms with E-state index in [-0.39, 0.29) is 17.7 Å². The minimum absolute atomic E-state index is 0.294. The van der Waals surface area contributed by atoms with Gasteiger partial charge in [-0.2, -0.15) is 0 Å². The fourth-order valence-corrected chi connectivity index (χ4v) is 4.33. The topological polar surface area (TPSA) is 92.5 Å². The molecule has 0 aliphatic carbocycles. The van der Waals surface area contributed by atoms with Crippen LogP contribution in [0.5, 0.6) is 0 Å². The molecule has 0 fully saturated rings. The summed E-state index contributed by atoms with van der Waals surface area (Å²) in [6, 6.07) is 16.9. The number of benzene rings is 2. The van der Waals surface area contributed by atoms with Gasteiger partial charge in [-0.15, -0.1) is 11.3 Å². The molecule has 1 N–H and O–H groups in total. The van der Waals surface area contributed by atoms with Crippen molar-refractivity contribution in [2.24, 2.45) is 0 Å². The minimum Gasteiger partial charge on any atom is -0.462 e. The maximum absolute atomic E-state index is 12.8. The van der Waals surface area contributed by atoms with E-state index in [2.05, 4.69) is 10.3 Å². The van der Waals surface area contributed by atoms with Crippen LogP contribution in [0.25, 0.3) is 10.8 Å². The van der Waals surface area contributed by atoms with Crippen molar-refractivity contribution < 1.29 is 18.8 Å². The fourth-order valence-electron chi connectivity index (χ4n) is 3.45. The average molecular weight is 429 g/mol. The molecule has 1 aliphatic heterocycles. The number of aromatic nitrogens is 1. The highest BCUT2D eigenvalue weighted by Crippen LogP contribution is 2.31. The summed E-state index contributed by atoms with van der Waals surface area (Å²) in [5.41, 5.74) is 1.86. The number of carbonyl (C=O) groups is 3. The molecule has 0 radical (unpaired) electrons. The summed E-state index contributed by atoms with van der Waals surface area (Å²) >= 11 is 1.36. The van der Waals surface area contributed by atoms with E-state index in [0.717, 1.165) is 9.78 Å². The normalized spacial score (nSPS) is 12.9. The van der Waals surface area contributed by atoms with E-state index < -0.39 is 0 Å². The third-order valence-electron chi connectivity index (χ3n) is 4.90. The van der Waals surface area contributed by atoms with Gasteiger partial charge in [0.1, 0.15) is 5.69 Å². The number of nitrogens with zero attached hydrogens (tertiary/aromatic N) is 2. The number of aryl methyl sites for hydroxylation is 1. The van der Waals surface area contributed by atoms with Crippen LogP contribution in [-0.2, 0) is 0 Å². The molecular weight excluding hydrogens is 414 g/mol. The number of furan rings is 1. The first-order valence-corrected chi connectivity index (χ1v) is 10.2. The zero-order chi connectivity index (χ0) is 21.5. The smallest absolute Gasteiger partial charge is 0.275 e. The van der Waals surface area contributed by atoms with E-state index in [1.807, 2.05) is 6.92 Å². The fraction of sp³-hybridized carbons (Fsp3) is 0.0435. The zero-order valence-electron chi connectivity index (χ0n) is 16.3. The Morgan fingerprint density at radius 1 is 1.00 bits per heavy atom. The molecule has 0 bridgehead atoms. The molecule has 3 heterocycles. The second-order valence-electron chi connectivity index (χ2n) is 6.90. The summed E-state index contributed by atoms with van der Waals surface area (Å²) in [4.78, 5) is 44.5. The standard InChI is InChI=1S/C23H15N3O4S/c1-13-19(25-21(31-13)18-10-5-11-30-18)20(27)24-14-6-4-7-15(12-14)26-22(28)16-8-2-3-9-17(16)23(26)29/h2-12H,1H3,(H,24,27). The molecule has 0 saturated carbocycles. The van der Waals surface area contributed by atoms with E-state index in [4.69, 9.17) is 4.42 Å². The van der Waals surface area contributed by atoms with Gasteiger partial charge in [-0.1, -0.05) is 18.2 Å². The Hall–Kier alpha value is -4.04. The molecule has 2 aromatic carbocycles. The number of rotatable bonds is 4. The Labute approximate surface area is 181 Å². The quantitative estimate of drug-likeness (QED) is 0.472. The van der Waals surface area contributed by atoms with Crippen LogP contribution in [0, 0.1) is 6.92 Å². The molecule has 0 atom stereocenters. The summed E-state index contributed by atoms with van der Waals surface area (Å²) < 4.78 is 5.35. The summed E-state index contributed by atoms with van der Waals surface area (Å²) in [5, 5.41) is 3.42. The number of hydrogen-bond acceptors (Lipinski definition) is 6. The van der Waals surface area contributed by atoms with Crippen molar-refractivity contribution in [3.63, 3.8) is 0 Å². The number of fused-ring (bicyclic) bond motifs is 1. The molecule has 4 aromatic rings. The average Bonchev–Trinajstić information content (AvgIpc) is 3.48. The van der Waals surface area contributed by atoms with Crippen LogP contribution < -0.4 is 10.2 Å². The number of thiazole rings is 1. The van der Waals surface area contributed by atoms with Gasteiger partial charge in [0, 0.05) is 10.6 Å². The van der Waals surface area contributed by atoms with Crippen LogP contribution in [0.1, 0.15) is 36.1 Å². The summed E-state index contributed by atoms with van der Waals surface area (Å²) in [5.74, 6) is -0.559. The van der Waals surface area contributed by atoms with E-state index in [0.29, 0.717) is 39.0 Å². The van der Waals surface area contributed by atoms with E-state index >= 15 is 0 Å². The lowest BCUT2D eigenvalue weighted by Gasteiger charge is -2.15. The Morgan fingerprint density at radius 3 is 2.42 bits per heavy atom. The first-order chi connectivity index (χ1) is 15.0. The number of anilines is 2. The zero-order valence-corrected chi connectivity index (χ0v) is 17.1. The predicted octanol–water partition coefficient (Wildman–Crippen LogP) is 4.76. The largest absolute Gasteiger partial charge is 0.462 e. The Bertz CT molecular complexity index is 1310. The van der Waals surface area contributed by atoms with Gasteiger partial charge in [-0.3, -0.25) is 14.4 Å². The number of amides is 3. The number of carbonyl (C=O) groups excluding carboxylic acids is 3. The molecule has 0 unspecified atom stereocenters. The van der Waals surface area contributed by atoms with Crippen molar-refractivity contribution in [2.75, 3.05) is 10.2 Å². The summed E-state index contributed by atoms with van der Waals surface area (Å²) in [6.45, 7) is 1.81. The van der Waals surface area contributed by atoms with Crippen molar-refractivity contribution in [3.8, 4) is 10.8 Å². The SMILES string of the molecule is Cc1sc(-c2ccco2)nc1C(=O)Nc1cccc(N2C(=O)c3ccccc3C2=O)c1. The molecule has 3 amide bonds. The molecule has 5 rings (SSSR count). The minimum atomic E-state index is -0.387. The Morgan fingerprint density at radius 2 is 1.74 bits per heavy atom. The van der Waals surface area contributed by atoms with Gasteiger partial charge in [-0.25, -0.2) is 9.88 Å². The van der Waals surface area contributed by atoms with Crippen molar-refractivity contribution in [1.82, 2.24) is 4.98 Å². The molecule has 31 heavy (non-hydrogen) atoms. The van der Waals surface area contributed by atoms with Crippen LogP contribution in [0.2, 0.25) is 0 Å². The first-order valence-electron chi connectivity index (χ1n) is 9.43. The van der Waals surface area contributed by atoms with Crippen LogP contribution >= 0.6 is 11.3 Å². The van der Waals surface area contributed by atoms with Crippen LogP contribution in [0.15, 0.2) is 71.3 Å². The maximum Gasteiger partial charge on any atom is 0.275 e. The highest BCUT2D eigenvalue weighted by molar-refractivity contribution is 7.15. The molecular formula is C23H15N3O4S. The van der Waals surface area contributed by atoms with Crippen molar-refractivity contribution >= 4 is 40.4 Å². The lowest BCUT2D eigenvalue weighted by Crippen LogP contribution is -2.29. The number of nitrogens with one attached hydrogen (secondary N) is 1. The van der Waals surface area contributed by atoms with E-state index in [1.165, 1.54) is 11.3 Å². The molecule has 8 heteroatoms. The van der Waals surface area contributed by atoms with Gasteiger partial charge in [0.2, 0.25) is 0 Å². The predicted molar refractivity (Wildman–Crippen MR) is 117 cm³/mol. The second kappa shape index (κ2) is 7.33. The van der Waals surface area contributed by atoms with Crippen molar-refractivity contribution in [2.45, 2.75) is 6.92 Å². The van der Waals surface area contributed by atoms with Gasteiger partial charge in [-0.05, 0) is 49.4 Å².